The van der Waals surface area contributed by atoms with Crippen molar-refractivity contribution in [3.63, 3.8) is 0 Å². The van der Waals surface area contributed by atoms with E-state index in [9.17, 15) is 13.5 Å². The first-order valence-electron chi connectivity index (χ1n) is 11.3. The maximum atomic E-state index is 13.3. The van der Waals surface area contributed by atoms with Gasteiger partial charge in [-0.15, -0.1) is 0 Å². The van der Waals surface area contributed by atoms with E-state index in [1.165, 1.54) is 37.8 Å². The predicted molar refractivity (Wildman–Crippen MR) is 127 cm³/mol. The van der Waals surface area contributed by atoms with Gasteiger partial charge >= 0.3 is 10.1 Å². The summed E-state index contributed by atoms with van der Waals surface area (Å²) >= 11 is 0. The highest BCUT2D eigenvalue weighted by Gasteiger charge is 2.27. The molecule has 0 spiro atoms. The molecule has 0 heterocycles. The van der Waals surface area contributed by atoms with Gasteiger partial charge in [-0.3, -0.25) is 4.18 Å². The number of rotatable bonds is 13. The van der Waals surface area contributed by atoms with Gasteiger partial charge in [0.05, 0.1) is 11.8 Å². The zero-order chi connectivity index (χ0) is 22.5. The van der Waals surface area contributed by atoms with Gasteiger partial charge < -0.3 is 5.11 Å². The minimum Gasteiger partial charge on any atom is -0.508 e. The van der Waals surface area contributed by atoms with E-state index < -0.39 is 10.1 Å². The van der Waals surface area contributed by atoms with Crippen LogP contribution in [0, 0.1) is 0 Å². The van der Waals surface area contributed by atoms with Crippen LogP contribution >= 0.6 is 0 Å². The first kappa shape index (κ1) is 25.1. The average Bonchev–Trinajstić information content (AvgIpc) is 2.76. The monoisotopic (exact) mass is 445 g/mol. The number of aromatic hydroxyl groups is 1. The molecule has 1 N–H and O–H groups in total. The molecule has 0 aliphatic heterocycles. The van der Waals surface area contributed by atoms with E-state index in [0.717, 1.165) is 25.7 Å². The summed E-state index contributed by atoms with van der Waals surface area (Å²) in [5.74, 6) is 0.0984. The SMILES string of the molecule is CCCCCCCCC(CCC)OS(=O)(=O)C(=Nc1ccc(O)cc1)c1ccccc1. The summed E-state index contributed by atoms with van der Waals surface area (Å²) in [6, 6.07) is 14.9. The lowest BCUT2D eigenvalue weighted by molar-refractivity contribution is 0.187. The average molecular weight is 446 g/mol. The third-order valence-electron chi connectivity index (χ3n) is 5.09. The Bertz CT molecular complexity index is 893. The lowest BCUT2D eigenvalue weighted by Gasteiger charge is -2.18. The van der Waals surface area contributed by atoms with Gasteiger partial charge in [-0.1, -0.05) is 89.1 Å². The Kier molecular flexibility index (Phi) is 10.7. The fourth-order valence-corrected chi connectivity index (χ4v) is 4.71. The molecular formula is C25H35NO4S. The summed E-state index contributed by atoms with van der Waals surface area (Å²) in [4.78, 5) is 4.38. The second-order valence-electron chi connectivity index (χ2n) is 7.82. The number of hydrogen-bond acceptors (Lipinski definition) is 5. The van der Waals surface area contributed by atoms with Crippen LogP contribution in [-0.2, 0) is 14.3 Å². The van der Waals surface area contributed by atoms with Gasteiger partial charge in [0.15, 0.2) is 5.04 Å². The molecular weight excluding hydrogens is 410 g/mol. The largest absolute Gasteiger partial charge is 0.508 e. The van der Waals surface area contributed by atoms with Crippen LogP contribution in [0.2, 0.25) is 0 Å². The topological polar surface area (TPSA) is 76.0 Å². The number of phenolic OH excluding ortho intramolecular Hbond substituents is 1. The van der Waals surface area contributed by atoms with Crippen LogP contribution < -0.4 is 0 Å². The van der Waals surface area contributed by atoms with E-state index in [1.54, 1.807) is 36.4 Å². The first-order valence-corrected chi connectivity index (χ1v) is 12.7. The highest BCUT2D eigenvalue weighted by molar-refractivity contribution is 8.02. The Balaban J connectivity index is 2.19. The van der Waals surface area contributed by atoms with Gasteiger partial charge in [0.25, 0.3) is 0 Å². The summed E-state index contributed by atoms with van der Waals surface area (Å²) in [6.45, 7) is 4.23. The number of phenols is 1. The molecule has 0 fully saturated rings. The van der Waals surface area contributed by atoms with E-state index >= 15 is 0 Å². The molecule has 1 atom stereocenters. The molecule has 0 aliphatic carbocycles. The Morgan fingerprint density at radius 1 is 0.871 bits per heavy atom. The summed E-state index contributed by atoms with van der Waals surface area (Å²) in [5, 5.41) is 9.40. The minimum atomic E-state index is -4.07. The minimum absolute atomic E-state index is 0.0984. The van der Waals surface area contributed by atoms with Crippen LogP contribution in [-0.4, -0.2) is 24.7 Å². The number of benzene rings is 2. The molecule has 0 saturated heterocycles. The number of unbranched alkanes of at least 4 members (excludes halogenated alkanes) is 5. The molecule has 0 radical (unpaired) electrons. The number of nitrogens with zero attached hydrogens (tertiary/aromatic N) is 1. The van der Waals surface area contributed by atoms with Crippen LogP contribution in [0.15, 0.2) is 59.6 Å². The predicted octanol–water partition coefficient (Wildman–Crippen LogP) is 6.74. The van der Waals surface area contributed by atoms with Crippen molar-refractivity contribution in [2.75, 3.05) is 0 Å². The van der Waals surface area contributed by atoms with Crippen molar-refractivity contribution >= 4 is 20.8 Å². The standard InChI is InChI=1S/C25H35NO4S/c1-3-5-6-7-8-12-16-24(13-4-2)30-31(28,29)25(21-14-10-9-11-15-21)26-22-17-19-23(27)20-18-22/h9-11,14-15,17-20,24,27H,3-8,12-13,16H2,1-2H3. The molecule has 170 valence electrons. The maximum Gasteiger partial charge on any atom is 0.315 e. The third kappa shape index (κ3) is 8.83. The van der Waals surface area contributed by atoms with Crippen LogP contribution in [0.5, 0.6) is 5.75 Å². The highest BCUT2D eigenvalue weighted by atomic mass is 32.2. The molecule has 0 bridgehead atoms. The Morgan fingerprint density at radius 2 is 1.52 bits per heavy atom. The van der Waals surface area contributed by atoms with Crippen molar-refractivity contribution in [2.24, 2.45) is 4.99 Å². The van der Waals surface area contributed by atoms with Crippen molar-refractivity contribution < 1.29 is 17.7 Å². The lowest BCUT2D eigenvalue weighted by Crippen LogP contribution is -2.25. The quantitative estimate of drug-likeness (QED) is 0.160. The van der Waals surface area contributed by atoms with Gasteiger partial charge in [0.2, 0.25) is 0 Å². The second-order valence-corrected chi connectivity index (χ2v) is 9.30. The van der Waals surface area contributed by atoms with Crippen molar-refractivity contribution in [3.05, 3.63) is 60.2 Å². The molecule has 0 aromatic heterocycles. The number of hydrogen-bond donors (Lipinski definition) is 1. The molecule has 0 saturated carbocycles. The van der Waals surface area contributed by atoms with Gasteiger partial charge in [-0.25, -0.2) is 4.99 Å². The molecule has 2 aromatic carbocycles. The Morgan fingerprint density at radius 3 is 2.16 bits per heavy atom. The molecule has 0 amide bonds. The van der Waals surface area contributed by atoms with E-state index in [-0.39, 0.29) is 16.9 Å². The second kappa shape index (κ2) is 13.3. The normalized spacial score (nSPS) is 13.3. The summed E-state index contributed by atoms with van der Waals surface area (Å²) in [5.41, 5.74) is 0.914. The van der Waals surface area contributed by atoms with Gasteiger partial charge in [-0.2, -0.15) is 8.42 Å². The van der Waals surface area contributed by atoms with E-state index in [0.29, 0.717) is 17.7 Å². The zero-order valence-electron chi connectivity index (χ0n) is 18.7. The molecule has 31 heavy (non-hydrogen) atoms. The van der Waals surface area contributed by atoms with Crippen LogP contribution in [0.25, 0.3) is 0 Å². The lowest BCUT2D eigenvalue weighted by atomic mass is 10.0. The van der Waals surface area contributed by atoms with Crippen LogP contribution in [0.1, 0.15) is 77.2 Å². The summed E-state index contributed by atoms with van der Waals surface area (Å²) in [7, 11) is -4.07. The van der Waals surface area contributed by atoms with Crippen molar-refractivity contribution in [1.82, 2.24) is 0 Å². The molecule has 0 aliphatic rings. The van der Waals surface area contributed by atoms with Crippen molar-refractivity contribution in [3.8, 4) is 5.75 Å². The Labute approximate surface area is 187 Å². The molecule has 2 rings (SSSR count). The zero-order valence-corrected chi connectivity index (χ0v) is 19.5. The molecule has 1 unspecified atom stereocenters. The van der Waals surface area contributed by atoms with Crippen LogP contribution in [0.4, 0.5) is 5.69 Å². The third-order valence-corrected chi connectivity index (χ3v) is 6.42. The molecule has 2 aromatic rings. The fraction of sp³-hybridized carbons (Fsp3) is 0.480. The maximum absolute atomic E-state index is 13.3. The van der Waals surface area contributed by atoms with E-state index in [1.807, 2.05) is 13.0 Å². The number of aliphatic imine (C=N–C) groups is 1. The van der Waals surface area contributed by atoms with Gasteiger partial charge in [0.1, 0.15) is 5.75 Å². The van der Waals surface area contributed by atoms with Gasteiger partial charge in [-0.05, 0) is 37.1 Å². The summed E-state index contributed by atoms with van der Waals surface area (Å²) in [6.07, 6.45) is 8.83. The smallest absolute Gasteiger partial charge is 0.315 e. The Hall–Kier alpha value is -2.18. The highest BCUT2D eigenvalue weighted by Crippen LogP contribution is 2.23. The van der Waals surface area contributed by atoms with E-state index in [4.69, 9.17) is 4.18 Å². The van der Waals surface area contributed by atoms with Crippen LogP contribution in [0.3, 0.4) is 0 Å². The first-order chi connectivity index (χ1) is 15.0. The van der Waals surface area contributed by atoms with Crippen molar-refractivity contribution in [2.45, 2.75) is 77.7 Å². The van der Waals surface area contributed by atoms with Gasteiger partial charge in [0, 0.05) is 5.56 Å². The fourth-order valence-electron chi connectivity index (χ4n) is 3.43. The summed E-state index contributed by atoms with van der Waals surface area (Å²) < 4.78 is 32.2. The van der Waals surface area contributed by atoms with Crippen molar-refractivity contribution in [1.29, 1.82) is 0 Å². The molecule has 6 heteroatoms. The van der Waals surface area contributed by atoms with E-state index in [2.05, 4.69) is 11.9 Å². The molecule has 5 nitrogen and oxygen atoms in total.